The van der Waals surface area contributed by atoms with Crippen LogP contribution >= 0.6 is 0 Å². The Balaban J connectivity index is 2.26. The zero-order valence-electron chi connectivity index (χ0n) is 7.67. The molecule has 80 valence electrons. The molecule has 3 nitrogen and oxygen atoms in total. The van der Waals surface area contributed by atoms with E-state index < -0.39 is 11.9 Å². The summed E-state index contributed by atoms with van der Waals surface area (Å²) in [5.41, 5.74) is 0. The third kappa shape index (κ3) is 3.72. The molecule has 14 heavy (non-hydrogen) atoms. The van der Waals surface area contributed by atoms with E-state index >= 15 is 0 Å². The molecule has 5 heteroatoms. The van der Waals surface area contributed by atoms with E-state index in [1.807, 2.05) is 0 Å². The summed E-state index contributed by atoms with van der Waals surface area (Å²) in [6.07, 6.45) is 2.80. The van der Waals surface area contributed by atoms with E-state index in [-0.39, 0.29) is 18.9 Å². The lowest BCUT2D eigenvalue weighted by atomic mass is 9.92. The summed E-state index contributed by atoms with van der Waals surface area (Å²) in [7, 11) is 0. The van der Waals surface area contributed by atoms with Crippen LogP contribution in [0.5, 0.6) is 0 Å². The van der Waals surface area contributed by atoms with Gasteiger partial charge in [0.25, 0.3) is 0 Å². The highest BCUT2D eigenvalue weighted by molar-refractivity contribution is 5.79. The first-order chi connectivity index (χ1) is 6.49. The highest BCUT2D eigenvalue weighted by Gasteiger charge is 2.34. The van der Waals surface area contributed by atoms with E-state index in [4.69, 9.17) is 5.11 Å². The third-order valence-electron chi connectivity index (χ3n) is 2.27. The van der Waals surface area contributed by atoms with Crippen molar-refractivity contribution in [3.8, 4) is 0 Å². The van der Waals surface area contributed by atoms with Gasteiger partial charge in [-0.05, 0) is 12.8 Å². The first-order valence-corrected chi connectivity index (χ1v) is 4.53. The van der Waals surface area contributed by atoms with Crippen molar-refractivity contribution < 1.29 is 18.7 Å². The molecule has 0 atom stereocenters. The van der Waals surface area contributed by atoms with Gasteiger partial charge in [0.15, 0.2) is 0 Å². The maximum Gasteiger partial charge on any atom is 0.329 e. The van der Waals surface area contributed by atoms with E-state index in [2.05, 4.69) is 5.32 Å². The average Bonchev–Trinajstić information content (AvgIpc) is 2.07. The molecule has 0 saturated heterocycles. The molecule has 0 unspecified atom stereocenters. The predicted molar refractivity (Wildman–Crippen MR) is 47.1 cm³/mol. The monoisotopic (exact) mass is 205 g/mol. The molecule has 1 fully saturated rings. The first kappa shape index (κ1) is 10.9. The van der Waals surface area contributed by atoms with Crippen LogP contribution in [-0.4, -0.2) is 23.0 Å². The number of nitrogens with one attached hydrogen (secondary N) is 1. The van der Waals surface area contributed by atoms with Gasteiger partial charge in [0.1, 0.15) is 0 Å². The number of carboxylic acid groups (broad SMARTS) is 1. The minimum absolute atomic E-state index is 0.0229. The predicted octanol–water partition coefficient (Wildman–Crippen LogP) is 1.75. The van der Waals surface area contributed by atoms with Crippen LogP contribution < -0.4 is 5.32 Å². The Morgan fingerprint density at radius 2 is 2.00 bits per heavy atom. The minimum Gasteiger partial charge on any atom is -0.478 e. The van der Waals surface area contributed by atoms with Gasteiger partial charge in [-0.15, -0.1) is 0 Å². The van der Waals surface area contributed by atoms with Gasteiger partial charge in [0, 0.05) is 31.2 Å². The van der Waals surface area contributed by atoms with Crippen molar-refractivity contribution in [2.45, 2.75) is 37.6 Å². The van der Waals surface area contributed by atoms with Gasteiger partial charge in [0.05, 0.1) is 0 Å². The number of hydrogen-bond acceptors (Lipinski definition) is 2. The van der Waals surface area contributed by atoms with E-state index in [0.29, 0.717) is 12.8 Å². The molecule has 1 aliphatic carbocycles. The summed E-state index contributed by atoms with van der Waals surface area (Å²) in [5, 5.41) is 11.1. The smallest absolute Gasteiger partial charge is 0.329 e. The molecule has 0 heterocycles. The van der Waals surface area contributed by atoms with Crippen molar-refractivity contribution in [2.75, 3.05) is 0 Å². The number of rotatable bonds is 3. The molecule has 0 radical (unpaired) electrons. The Morgan fingerprint density at radius 1 is 1.43 bits per heavy atom. The number of alkyl halides is 2. The standard InChI is InChI=1S/C9H13F2NO2/c10-9(11)4-1-7(2-5-9)12-6-3-8(13)14/h3,6-7,12H,1-2,4-5H2,(H,13,14)/b6-3+. The van der Waals surface area contributed by atoms with Gasteiger partial charge in [-0.3, -0.25) is 0 Å². The Morgan fingerprint density at radius 3 is 2.50 bits per heavy atom. The zero-order chi connectivity index (χ0) is 10.6. The van der Waals surface area contributed by atoms with Gasteiger partial charge in [-0.2, -0.15) is 0 Å². The normalized spacial score (nSPS) is 22.4. The minimum atomic E-state index is -2.53. The maximum atomic E-state index is 12.7. The number of carboxylic acids is 1. The lowest BCUT2D eigenvalue weighted by Crippen LogP contribution is -2.34. The Hall–Kier alpha value is -1.13. The van der Waals surface area contributed by atoms with Crippen LogP contribution in [0.3, 0.4) is 0 Å². The molecular formula is C9H13F2NO2. The fourth-order valence-electron chi connectivity index (χ4n) is 1.46. The topological polar surface area (TPSA) is 49.3 Å². The third-order valence-corrected chi connectivity index (χ3v) is 2.27. The summed E-state index contributed by atoms with van der Waals surface area (Å²) in [5.74, 6) is -3.58. The molecule has 0 bridgehead atoms. The van der Waals surface area contributed by atoms with E-state index in [0.717, 1.165) is 6.08 Å². The van der Waals surface area contributed by atoms with Gasteiger partial charge in [-0.25, -0.2) is 13.6 Å². The molecule has 0 aliphatic heterocycles. The first-order valence-electron chi connectivity index (χ1n) is 4.53. The number of halogens is 2. The number of aliphatic carboxylic acids is 1. The van der Waals surface area contributed by atoms with Gasteiger partial charge < -0.3 is 10.4 Å². The lowest BCUT2D eigenvalue weighted by Gasteiger charge is -2.28. The Kier molecular flexibility index (Phi) is 3.43. The Labute approximate surface area is 80.8 Å². The van der Waals surface area contributed by atoms with E-state index in [1.54, 1.807) is 0 Å². The second-order valence-electron chi connectivity index (χ2n) is 3.47. The fraction of sp³-hybridized carbons (Fsp3) is 0.667. The van der Waals surface area contributed by atoms with Gasteiger partial charge in [-0.1, -0.05) is 0 Å². The molecule has 0 aromatic heterocycles. The van der Waals surface area contributed by atoms with Gasteiger partial charge >= 0.3 is 5.97 Å². The number of carbonyl (C=O) groups is 1. The van der Waals surface area contributed by atoms with E-state index in [9.17, 15) is 13.6 Å². The molecule has 0 aromatic rings. The SMILES string of the molecule is O=C(O)/C=C/NC1CCC(F)(F)CC1. The van der Waals surface area contributed by atoms with Crippen molar-refractivity contribution in [3.63, 3.8) is 0 Å². The van der Waals surface area contributed by atoms with Crippen molar-refractivity contribution in [3.05, 3.63) is 12.3 Å². The summed E-state index contributed by atoms with van der Waals surface area (Å²) in [4.78, 5) is 10.1. The summed E-state index contributed by atoms with van der Waals surface area (Å²) < 4.78 is 25.4. The molecule has 0 amide bonds. The maximum absolute atomic E-state index is 12.7. The van der Waals surface area contributed by atoms with Crippen LogP contribution in [0, 0.1) is 0 Å². The van der Waals surface area contributed by atoms with Crippen molar-refractivity contribution in [2.24, 2.45) is 0 Å². The molecule has 0 spiro atoms. The molecule has 1 saturated carbocycles. The summed E-state index contributed by atoms with van der Waals surface area (Å²) in [6, 6.07) is -0.0229. The highest BCUT2D eigenvalue weighted by Crippen LogP contribution is 2.32. The molecule has 2 N–H and O–H groups in total. The summed E-state index contributed by atoms with van der Waals surface area (Å²) >= 11 is 0. The van der Waals surface area contributed by atoms with Crippen LogP contribution in [0.1, 0.15) is 25.7 Å². The van der Waals surface area contributed by atoms with Crippen LogP contribution in [0.2, 0.25) is 0 Å². The van der Waals surface area contributed by atoms with Crippen molar-refractivity contribution >= 4 is 5.97 Å². The van der Waals surface area contributed by atoms with Crippen LogP contribution in [0.15, 0.2) is 12.3 Å². The van der Waals surface area contributed by atoms with Crippen LogP contribution in [-0.2, 0) is 4.79 Å². The lowest BCUT2D eigenvalue weighted by molar-refractivity contribution is -0.131. The molecule has 1 rings (SSSR count). The Bertz CT molecular complexity index is 231. The quantitative estimate of drug-likeness (QED) is 0.690. The largest absolute Gasteiger partial charge is 0.478 e. The van der Waals surface area contributed by atoms with Crippen LogP contribution in [0.4, 0.5) is 8.78 Å². The zero-order valence-corrected chi connectivity index (χ0v) is 7.67. The van der Waals surface area contributed by atoms with Gasteiger partial charge in [0.2, 0.25) is 5.92 Å². The van der Waals surface area contributed by atoms with E-state index in [1.165, 1.54) is 6.20 Å². The summed E-state index contributed by atoms with van der Waals surface area (Å²) in [6.45, 7) is 0. The van der Waals surface area contributed by atoms with Crippen molar-refractivity contribution in [1.29, 1.82) is 0 Å². The molecule has 1 aliphatic rings. The second-order valence-corrected chi connectivity index (χ2v) is 3.47. The molecular weight excluding hydrogens is 192 g/mol. The fourth-order valence-corrected chi connectivity index (χ4v) is 1.46. The number of hydrogen-bond donors (Lipinski definition) is 2. The van der Waals surface area contributed by atoms with Crippen LogP contribution in [0.25, 0.3) is 0 Å². The average molecular weight is 205 g/mol. The molecule has 0 aromatic carbocycles. The van der Waals surface area contributed by atoms with Crippen molar-refractivity contribution in [1.82, 2.24) is 5.32 Å². The second kappa shape index (κ2) is 4.39. The highest BCUT2D eigenvalue weighted by atomic mass is 19.3.